The fourth-order valence-electron chi connectivity index (χ4n) is 3.88. The molecular formula is C17H29N2O3S+. The maximum absolute atomic E-state index is 12.9. The minimum Gasteiger partial charge on any atom is -0.495 e. The highest BCUT2D eigenvalue weighted by atomic mass is 32.2. The third kappa shape index (κ3) is 4.46. The van der Waals surface area contributed by atoms with Gasteiger partial charge in [0, 0.05) is 18.9 Å². The summed E-state index contributed by atoms with van der Waals surface area (Å²) in [7, 11) is -2.12. The van der Waals surface area contributed by atoms with Crippen molar-refractivity contribution in [1.29, 1.82) is 0 Å². The highest BCUT2D eigenvalue weighted by Gasteiger charge is 2.43. The molecule has 1 aromatic carbocycles. The molecule has 0 amide bonds. The van der Waals surface area contributed by atoms with Crippen molar-refractivity contribution in [3.8, 4) is 5.75 Å². The molecule has 1 fully saturated rings. The van der Waals surface area contributed by atoms with E-state index in [0.29, 0.717) is 5.75 Å². The third-order valence-electron chi connectivity index (χ3n) is 4.26. The fourth-order valence-corrected chi connectivity index (χ4v) is 5.37. The molecule has 0 unspecified atom stereocenters. The highest BCUT2D eigenvalue weighted by molar-refractivity contribution is 7.89. The van der Waals surface area contributed by atoms with E-state index in [2.05, 4.69) is 37.7 Å². The lowest BCUT2D eigenvalue weighted by Crippen LogP contribution is -3.06. The number of piperidine rings is 1. The lowest BCUT2D eigenvalue weighted by Gasteiger charge is -2.43. The standard InChI is InChI=1S/C17H28N2O3S/c1-12-7-8-14(22-6)15(9-12)23(20,21)18-13-10-16(2,3)19-17(4,5)11-13/h7-9,13,18-19H,10-11H2,1-6H3/p+1. The number of hydrogen-bond acceptors (Lipinski definition) is 3. The second-order valence-corrected chi connectivity index (χ2v) is 9.68. The van der Waals surface area contributed by atoms with Gasteiger partial charge in [0.05, 0.1) is 18.2 Å². The molecule has 1 aromatic rings. The van der Waals surface area contributed by atoms with Crippen molar-refractivity contribution >= 4 is 10.0 Å². The summed E-state index contributed by atoms with van der Waals surface area (Å²) in [6, 6.07) is 5.12. The molecule has 1 heterocycles. The van der Waals surface area contributed by atoms with Crippen LogP contribution in [0.1, 0.15) is 46.1 Å². The molecule has 0 aromatic heterocycles. The van der Waals surface area contributed by atoms with Gasteiger partial charge in [-0.05, 0) is 52.3 Å². The Kier molecular flexibility index (Phi) is 4.81. The molecule has 0 aliphatic carbocycles. The van der Waals surface area contributed by atoms with Crippen molar-refractivity contribution in [2.45, 2.75) is 69.5 Å². The fraction of sp³-hybridized carbons (Fsp3) is 0.647. The third-order valence-corrected chi connectivity index (χ3v) is 5.80. The minimum atomic E-state index is -3.61. The second-order valence-electron chi connectivity index (χ2n) is 8.00. The Morgan fingerprint density at radius 3 is 2.26 bits per heavy atom. The van der Waals surface area contributed by atoms with Gasteiger partial charge in [0.25, 0.3) is 0 Å². The van der Waals surface area contributed by atoms with Crippen LogP contribution in [0, 0.1) is 6.92 Å². The number of methoxy groups -OCH3 is 1. The monoisotopic (exact) mass is 341 g/mol. The number of nitrogens with two attached hydrogens (primary N) is 1. The molecule has 3 N–H and O–H groups in total. The van der Waals surface area contributed by atoms with Crippen LogP contribution in [0.3, 0.4) is 0 Å². The molecule has 0 atom stereocenters. The molecule has 1 aliphatic rings. The Labute approximate surface area is 139 Å². The molecule has 23 heavy (non-hydrogen) atoms. The summed E-state index contributed by atoms with van der Waals surface area (Å²) in [6.45, 7) is 10.5. The average Bonchev–Trinajstić information content (AvgIpc) is 2.34. The van der Waals surface area contributed by atoms with Gasteiger partial charge in [0.2, 0.25) is 10.0 Å². The first kappa shape index (κ1) is 18.2. The maximum Gasteiger partial charge on any atom is 0.244 e. The van der Waals surface area contributed by atoms with Gasteiger partial charge in [-0.1, -0.05) is 6.07 Å². The van der Waals surface area contributed by atoms with Crippen LogP contribution in [0.2, 0.25) is 0 Å². The van der Waals surface area contributed by atoms with E-state index in [9.17, 15) is 8.42 Å². The molecule has 0 spiro atoms. The van der Waals surface area contributed by atoms with Crippen molar-refractivity contribution in [1.82, 2.24) is 4.72 Å². The Balaban J connectivity index is 2.30. The molecule has 2 rings (SSSR count). The molecule has 0 saturated carbocycles. The first-order valence-corrected chi connectivity index (χ1v) is 9.46. The zero-order valence-corrected chi connectivity index (χ0v) is 15.8. The molecule has 0 bridgehead atoms. The number of sulfonamides is 1. The maximum atomic E-state index is 12.9. The molecule has 6 heteroatoms. The Morgan fingerprint density at radius 2 is 1.74 bits per heavy atom. The van der Waals surface area contributed by atoms with Crippen LogP contribution in [0.4, 0.5) is 0 Å². The smallest absolute Gasteiger partial charge is 0.244 e. The normalized spacial score (nSPS) is 21.1. The summed E-state index contributed by atoms with van der Waals surface area (Å²) in [5.74, 6) is 0.379. The minimum absolute atomic E-state index is 0.00558. The average molecular weight is 341 g/mol. The van der Waals surface area contributed by atoms with E-state index < -0.39 is 10.0 Å². The van der Waals surface area contributed by atoms with E-state index in [1.54, 1.807) is 12.1 Å². The zero-order chi connectivity index (χ0) is 17.5. The predicted octanol–water partition coefficient (Wildman–Crippen LogP) is 1.56. The number of ether oxygens (including phenoxy) is 1. The lowest BCUT2D eigenvalue weighted by molar-refractivity contribution is -0.787. The van der Waals surface area contributed by atoms with Crippen LogP contribution in [0.15, 0.2) is 23.1 Å². The molecule has 1 saturated heterocycles. The van der Waals surface area contributed by atoms with Crippen molar-refractivity contribution in [3.05, 3.63) is 23.8 Å². The van der Waals surface area contributed by atoms with Crippen LogP contribution >= 0.6 is 0 Å². The van der Waals surface area contributed by atoms with E-state index in [0.717, 1.165) is 18.4 Å². The van der Waals surface area contributed by atoms with Gasteiger partial charge in [-0.25, -0.2) is 13.1 Å². The van der Waals surface area contributed by atoms with Gasteiger partial charge in [-0.15, -0.1) is 0 Å². The van der Waals surface area contributed by atoms with E-state index in [-0.39, 0.29) is 22.0 Å². The highest BCUT2D eigenvalue weighted by Crippen LogP contribution is 2.27. The van der Waals surface area contributed by atoms with Gasteiger partial charge < -0.3 is 10.1 Å². The van der Waals surface area contributed by atoms with Crippen LogP contribution in [-0.4, -0.2) is 32.6 Å². The van der Waals surface area contributed by atoms with Gasteiger partial charge in [-0.2, -0.15) is 0 Å². The van der Waals surface area contributed by atoms with Crippen molar-refractivity contribution in [3.63, 3.8) is 0 Å². The number of hydrogen-bond donors (Lipinski definition) is 2. The van der Waals surface area contributed by atoms with Crippen LogP contribution < -0.4 is 14.8 Å². The van der Waals surface area contributed by atoms with E-state index in [1.165, 1.54) is 7.11 Å². The van der Waals surface area contributed by atoms with Gasteiger partial charge in [-0.3, -0.25) is 0 Å². The van der Waals surface area contributed by atoms with Gasteiger partial charge in [0.15, 0.2) is 0 Å². The van der Waals surface area contributed by atoms with Crippen molar-refractivity contribution < 1.29 is 18.5 Å². The molecule has 0 radical (unpaired) electrons. The molecular weight excluding hydrogens is 312 g/mol. The Hall–Kier alpha value is -1.11. The van der Waals surface area contributed by atoms with E-state index in [1.807, 2.05) is 13.0 Å². The summed E-state index contributed by atoms with van der Waals surface area (Å²) < 4.78 is 33.8. The topological polar surface area (TPSA) is 72.0 Å². The summed E-state index contributed by atoms with van der Waals surface area (Å²) >= 11 is 0. The molecule has 5 nitrogen and oxygen atoms in total. The number of aryl methyl sites for hydroxylation is 1. The van der Waals surface area contributed by atoms with Crippen LogP contribution in [0.5, 0.6) is 5.75 Å². The second kappa shape index (κ2) is 6.07. The zero-order valence-electron chi connectivity index (χ0n) is 14.9. The largest absolute Gasteiger partial charge is 0.495 e. The van der Waals surface area contributed by atoms with Gasteiger partial charge in [0.1, 0.15) is 10.6 Å². The number of rotatable bonds is 4. The first-order valence-electron chi connectivity index (χ1n) is 7.98. The number of nitrogens with one attached hydrogen (secondary N) is 1. The number of quaternary nitrogens is 1. The van der Waals surface area contributed by atoms with Gasteiger partial charge >= 0.3 is 0 Å². The first-order chi connectivity index (χ1) is 10.4. The van der Waals surface area contributed by atoms with Crippen molar-refractivity contribution in [2.75, 3.05) is 7.11 Å². The number of benzene rings is 1. The predicted molar refractivity (Wildman–Crippen MR) is 91.2 cm³/mol. The van der Waals surface area contributed by atoms with Crippen LogP contribution in [-0.2, 0) is 10.0 Å². The Bertz CT molecular complexity index is 665. The van der Waals surface area contributed by atoms with Crippen molar-refractivity contribution in [2.24, 2.45) is 0 Å². The SMILES string of the molecule is COc1ccc(C)cc1S(=O)(=O)NC1CC(C)(C)[NH2+]C(C)(C)C1. The Morgan fingerprint density at radius 1 is 1.17 bits per heavy atom. The molecule has 1 aliphatic heterocycles. The van der Waals surface area contributed by atoms with E-state index in [4.69, 9.17) is 4.74 Å². The lowest BCUT2D eigenvalue weighted by atomic mass is 9.80. The quantitative estimate of drug-likeness (QED) is 0.873. The molecule has 130 valence electrons. The summed E-state index contributed by atoms with van der Waals surface area (Å²) in [4.78, 5) is 0.213. The van der Waals surface area contributed by atoms with Crippen LogP contribution in [0.25, 0.3) is 0 Å². The summed E-state index contributed by atoms with van der Waals surface area (Å²) in [6.07, 6.45) is 1.59. The summed E-state index contributed by atoms with van der Waals surface area (Å²) in [5, 5.41) is 2.33. The van der Waals surface area contributed by atoms with E-state index >= 15 is 0 Å². The summed E-state index contributed by atoms with van der Waals surface area (Å²) in [5.41, 5.74) is 0.904.